The van der Waals surface area contributed by atoms with Crippen LogP contribution < -0.4 is 10.1 Å². The molecule has 0 unspecified atom stereocenters. The van der Waals surface area contributed by atoms with E-state index in [1.54, 1.807) is 0 Å². The van der Waals surface area contributed by atoms with E-state index in [0.717, 1.165) is 66.3 Å². The fourth-order valence-corrected chi connectivity index (χ4v) is 4.46. The fraction of sp³-hybridized carbons (Fsp3) is 0.346. The van der Waals surface area contributed by atoms with Crippen molar-refractivity contribution in [3.05, 3.63) is 72.3 Å². The van der Waals surface area contributed by atoms with Crippen LogP contribution >= 0.6 is 0 Å². The molecule has 29 heavy (non-hydrogen) atoms. The molecule has 0 aliphatic heterocycles. The highest BCUT2D eigenvalue weighted by Crippen LogP contribution is 2.42. The van der Waals surface area contributed by atoms with Crippen LogP contribution in [-0.2, 0) is 10.2 Å². The second kappa shape index (κ2) is 8.69. The average molecular weight is 388 g/mol. The third-order valence-corrected chi connectivity index (χ3v) is 6.11. The molecule has 3 nitrogen and oxygen atoms in total. The van der Waals surface area contributed by atoms with Gasteiger partial charge in [-0.05, 0) is 37.0 Å². The van der Waals surface area contributed by atoms with Crippen LogP contribution in [-0.4, -0.2) is 12.5 Å². The van der Waals surface area contributed by atoms with Crippen molar-refractivity contribution in [2.75, 3.05) is 11.9 Å². The lowest BCUT2D eigenvalue weighted by Crippen LogP contribution is -2.38. The summed E-state index contributed by atoms with van der Waals surface area (Å²) in [6, 6.07) is 22.4. The van der Waals surface area contributed by atoms with E-state index in [-0.39, 0.29) is 5.91 Å². The van der Waals surface area contributed by atoms with Gasteiger partial charge in [-0.2, -0.15) is 0 Å². The molecule has 0 heterocycles. The molecule has 1 saturated carbocycles. The number of carbonyl (C=O) groups is 1. The van der Waals surface area contributed by atoms with Crippen molar-refractivity contribution >= 4 is 22.4 Å². The van der Waals surface area contributed by atoms with Gasteiger partial charge >= 0.3 is 0 Å². The molecule has 1 fully saturated rings. The molecule has 1 amide bonds. The fourth-order valence-electron chi connectivity index (χ4n) is 4.46. The largest absolute Gasteiger partial charge is 0.493 e. The average Bonchev–Trinajstić information content (AvgIpc) is 3.27. The molecule has 0 saturated heterocycles. The molecule has 3 heteroatoms. The number of benzene rings is 3. The van der Waals surface area contributed by atoms with Crippen molar-refractivity contribution < 1.29 is 9.53 Å². The predicted octanol–water partition coefficient (Wildman–Crippen LogP) is 6.47. The Bertz CT molecular complexity index is 974. The third-order valence-electron chi connectivity index (χ3n) is 6.11. The Hall–Kier alpha value is -2.81. The minimum atomic E-state index is -0.432. The van der Waals surface area contributed by atoms with E-state index >= 15 is 0 Å². The Kier molecular flexibility index (Phi) is 5.84. The van der Waals surface area contributed by atoms with Gasteiger partial charge in [0.15, 0.2) is 0 Å². The minimum Gasteiger partial charge on any atom is -0.493 e. The summed E-state index contributed by atoms with van der Waals surface area (Å²) in [6.07, 6.45) is 6.12. The van der Waals surface area contributed by atoms with Crippen molar-refractivity contribution in [1.82, 2.24) is 0 Å². The summed E-state index contributed by atoms with van der Waals surface area (Å²) in [4.78, 5) is 13.5. The van der Waals surface area contributed by atoms with Gasteiger partial charge in [-0.15, -0.1) is 0 Å². The van der Waals surface area contributed by atoms with Crippen LogP contribution in [0.1, 0.15) is 51.0 Å². The van der Waals surface area contributed by atoms with Crippen LogP contribution in [0.5, 0.6) is 5.75 Å². The second-order valence-electron chi connectivity index (χ2n) is 7.97. The van der Waals surface area contributed by atoms with Crippen LogP contribution in [0.3, 0.4) is 0 Å². The Morgan fingerprint density at radius 3 is 2.34 bits per heavy atom. The molecule has 1 N–H and O–H groups in total. The summed E-state index contributed by atoms with van der Waals surface area (Å²) in [5.41, 5.74) is 1.55. The molecular weight excluding hydrogens is 358 g/mol. The van der Waals surface area contributed by atoms with Gasteiger partial charge in [0.2, 0.25) is 5.91 Å². The minimum absolute atomic E-state index is 0.103. The van der Waals surface area contributed by atoms with Crippen molar-refractivity contribution in [3.8, 4) is 5.75 Å². The van der Waals surface area contributed by atoms with E-state index in [4.69, 9.17) is 4.74 Å². The van der Waals surface area contributed by atoms with Crippen molar-refractivity contribution in [2.45, 2.75) is 50.9 Å². The second-order valence-corrected chi connectivity index (χ2v) is 7.97. The highest BCUT2D eigenvalue weighted by molar-refractivity contribution is 6.07. The molecule has 0 spiro atoms. The maximum atomic E-state index is 13.5. The van der Waals surface area contributed by atoms with Crippen LogP contribution in [0.2, 0.25) is 0 Å². The number of hydrogen-bond acceptors (Lipinski definition) is 2. The number of fused-ring (bicyclic) bond motifs is 1. The van der Waals surface area contributed by atoms with Crippen molar-refractivity contribution in [3.63, 3.8) is 0 Å². The lowest BCUT2D eigenvalue weighted by Gasteiger charge is -2.28. The quantitative estimate of drug-likeness (QED) is 0.472. The molecule has 3 aromatic rings. The van der Waals surface area contributed by atoms with Crippen molar-refractivity contribution in [2.24, 2.45) is 0 Å². The lowest BCUT2D eigenvalue weighted by molar-refractivity contribution is -0.121. The van der Waals surface area contributed by atoms with E-state index < -0.39 is 5.41 Å². The number of rotatable bonds is 7. The first-order valence-corrected chi connectivity index (χ1v) is 10.8. The summed E-state index contributed by atoms with van der Waals surface area (Å²) < 4.78 is 6.00. The molecule has 0 bridgehead atoms. The zero-order valence-corrected chi connectivity index (χ0v) is 17.1. The van der Waals surface area contributed by atoms with Crippen LogP contribution in [0.4, 0.5) is 5.69 Å². The van der Waals surface area contributed by atoms with Gasteiger partial charge in [0.1, 0.15) is 5.75 Å². The molecule has 0 radical (unpaired) electrons. The summed E-state index contributed by atoms with van der Waals surface area (Å²) in [5, 5.41) is 5.33. The molecule has 3 aromatic carbocycles. The van der Waals surface area contributed by atoms with Crippen LogP contribution in [0.25, 0.3) is 10.8 Å². The summed E-state index contributed by atoms with van der Waals surface area (Å²) >= 11 is 0. The van der Waals surface area contributed by atoms with Gasteiger partial charge in [0, 0.05) is 16.5 Å². The Labute approximate surface area is 173 Å². The maximum Gasteiger partial charge on any atom is 0.235 e. The first-order chi connectivity index (χ1) is 14.2. The Balaban J connectivity index is 1.65. The molecule has 0 aromatic heterocycles. The molecular formula is C26H29NO2. The topological polar surface area (TPSA) is 38.3 Å². The number of hydrogen-bond donors (Lipinski definition) is 1. The first kappa shape index (κ1) is 19.5. The van der Waals surface area contributed by atoms with Gasteiger partial charge in [-0.1, -0.05) is 80.8 Å². The highest BCUT2D eigenvalue weighted by Gasteiger charge is 2.42. The van der Waals surface area contributed by atoms with E-state index in [2.05, 4.69) is 36.5 Å². The van der Waals surface area contributed by atoms with E-state index in [1.807, 2.05) is 42.5 Å². The molecule has 1 aliphatic carbocycles. The summed E-state index contributed by atoms with van der Waals surface area (Å²) in [6.45, 7) is 2.87. The SMILES string of the molecule is CCCCOc1ccc(NC(=O)C2(c3ccccc3)CCCC2)c2ccccc12. The molecule has 150 valence electrons. The zero-order valence-electron chi connectivity index (χ0n) is 17.1. The van der Waals surface area contributed by atoms with Crippen molar-refractivity contribution in [1.29, 1.82) is 0 Å². The maximum absolute atomic E-state index is 13.5. The molecule has 0 atom stereocenters. The van der Waals surface area contributed by atoms with Gasteiger partial charge in [0.05, 0.1) is 12.0 Å². The predicted molar refractivity (Wildman–Crippen MR) is 120 cm³/mol. The van der Waals surface area contributed by atoms with Crippen LogP contribution in [0, 0.1) is 0 Å². The highest BCUT2D eigenvalue weighted by atomic mass is 16.5. The monoisotopic (exact) mass is 387 g/mol. The van der Waals surface area contributed by atoms with E-state index in [9.17, 15) is 4.79 Å². The number of anilines is 1. The summed E-state index contributed by atoms with van der Waals surface area (Å²) in [7, 11) is 0. The zero-order chi connectivity index (χ0) is 20.1. The van der Waals surface area contributed by atoms with E-state index in [1.165, 1.54) is 0 Å². The standard InChI is InChI=1S/C26H29NO2/c1-2-3-19-29-24-16-15-23(21-13-7-8-14-22(21)24)27-25(28)26(17-9-10-18-26)20-11-5-4-6-12-20/h4-8,11-16H,2-3,9-10,17-19H2,1H3,(H,27,28). The normalized spacial score (nSPS) is 15.3. The number of carbonyl (C=O) groups excluding carboxylic acids is 1. The lowest BCUT2D eigenvalue weighted by atomic mass is 9.78. The van der Waals surface area contributed by atoms with E-state index in [0.29, 0.717) is 6.61 Å². The van der Waals surface area contributed by atoms with Gasteiger partial charge < -0.3 is 10.1 Å². The number of unbranched alkanes of at least 4 members (excludes halogenated alkanes) is 1. The Morgan fingerprint density at radius 2 is 1.62 bits per heavy atom. The molecule has 4 rings (SSSR count). The third kappa shape index (κ3) is 3.87. The van der Waals surface area contributed by atoms with Crippen LogP contribution in [0.15, 0.2) is 66.7 Å². The number of nitrogens with one attached hydrogen (secondary N) is 1. The van der Waals surface area contributed by atoms with Gasteiger partial charge in [0.25, 0.3) is 0 Å². The van der Waals surface area contributed by atoms with Gasteiger partial charge in [-0.25, -0.2) is 0 Å². The van der Waals surface area contributed by atoms with Gasteiger partial charge in [-0.3, -0.25) is 4.79 Å². The smallest absolute Gasteiger partial charge is 0.235 e. The first-order valence-electron chi connectivity index (χ1n) is 10.8. The number of ether oxygens (including phenoxy) is 1. The number of amides is 1. The summed E-state index contributed by atoms with van der Waals surface area (Å²) in [5.74, 6) is 0.983. The molecule has 1 aliphatic rings. The Morgan fingerprint density at radius 1 is 0.931 bits per heavy atom.